The Bertz CT molecular complexity index is 1260. The summed E-state index contributed by atoms with van der Waals surface area (Å²) in [7, 11) is 0. The van der Waals surface area contributed by atoms with Crippen LogP contribution in [0.4, 0.5) is 27.8 Å². The van der Waals surface area contributed by atoms with E-state index in [1.165, 1.54) is 0 Å². The van der Waals surface area contributed by atoms with Crippen LogP contribution in [0.15, 0.2) is 71.8 Å². The van der Waals surface area contributed by atoms with E-state index in [9.17, 15) is 22.0 Å². The van der Waals surface area contributed by atoms with Crippen LogP contribution in [-0.4, -0.2) is 15.7 Å². The van der Waals surface area contributed by atoms with Gasteiger partial charge in [0.05, 0.1) is 17.0 Å². The Morgan fingerprint density at radius 1 is 0.697 bits per heavy atom. The van der Waals surface area contributed by atoms with Crippen molar-refractivity contribution in [1.29, 1.82) is 0 Å². The van der Waals surface area contributed by atoms with E-state index < -0.39 is 40.4 Å². The first-order chi connectivity index (χ1) is 15.9. The molecule has 0 atom stereocenters. The fourth-order valence-electron chi connectivity index (χ4n) is 3.10. The van der Waals surface area contributed by atoms with Crippen molar-refractivity contribution < 1.29 is 22.0 Å². The summed E-state index contributed by atoms with van der Waals surface area (Å²) in [5, 5.41) is 3.81. The first-order valence-electron chi connectivity index (χ1n) is 9.69. The third kappa shape index (κ3) is 4.43. The van der Waals surface area contributed by atoms with Gasteiger partial charge in [-0.3, -0.25) is 5.43 Å². The lowest BCUT2D eigenvalue weighted by atomic mass is 10.1. The summed E-state index contributed by atoms with van der Waals surface area (Å²) in [6, 6.07) is 19.8. The molecule has 0 aliphatic carbocycles. The van der Waals surface area contributed by atoms with Crippen LogP contribution in [0.25, 0.3) is 22.6 Å². The summed E-state index contributed by atoms with van der Waals surface area (Å²) in [5.74, 6) is -9.74. The van der Waals surface area contributed by atoms with Crippen LogP contribution in [0, 0.1) is 29.1 Å². The summed E-state index contributed by atoms with van der Waals surface area (Å²) < 4.78 is 68.6. The first kappa shape index (κ1) is 22.1. The van der Waals surface area contributed by atoms with Gasteiger partial charge in [0.2, 0.25) is 5.82 Å². The fourth-order valence-corrected chi connectivity index (χ4v) is 3.10. The molecule has 1 heterocycles. The van der Waals surface area contributed by atoms with Gasteiger partial charge in [0, 0.05) is 17.2 Å². The molecule has 0 spiro atoms. The molecule has 0 radical (unpaired) electrons. The van der Waals surface area contributed by atoms with Gasteiger partial charge in [0.1, 0.15) is 0 Å². The Hall–Kier alpha value is -4.14. The van der Waals surface area contributed by atoms with Crippen LogP contribution < -0.4 is 5.43 Å². The second-order valence-electron chi connectivity index (χ2n) is 6.95. The van der Waals surface area contributed by atoms with Gasteiger partial charge in [0.25, 0.3) is 0 Å². The monoisotopic (exact) mass is 454 g/mol. The molecule has 4 rings (SSSR count). The smallest absolute Gasteiger partial charge is 0.200 e. The summed E-state index contributed by atoms with van der Waals surface area (Å²) >= 11 is 0. The first-order valence-corrected chi connectivity index (χ1v) is 9.69. The molecule has 1 aromatic heterocycles. The van der Waals surface area contributed by atoms with E-state index in [-0.39, 0.29) is 5.82 Å². The SMILES string of the molecule is C/C(=N/Nc1cc(-c2ccccc2)nc(-c2ccccc2)n1)c1c(F)c(F)c(F)c(F)c1F. The van der Waals surface area contributed by atoms with Gasteiger partial charge in [-0.05, 0) is 6.92 Å². The lowest BCUT2D eigenvalue weighted by molar-refractivity contribution is 0.377. The van der Waals surface area contributed by atoms with Crippen molar-refractivity contribution >= 4 is 11.5 Å². The van der Waals surface area contributed by atoms with Crippen molar-refractivity contribution in [2.45, 2.75) is 6.92 Å². The number of nitrogens with one attached hydrogen (secondary N) is 1. The standard InChI is InChI=1S/C24H15F5N4/c1-13(18-19(25)21(27)23(29)22(28)20(18)26)32-33-17-12-16(14-8-4-2-5-9-14)30-24(31-17)15-10-6-3-7-11-15/h2-12H,1H3,(H,30,31,33)/b32-13-. The number of aromatic nitrogens is 2. The van der Waals surface area contributed by atoms with E-state index in [1.807, 2.05) is 48.5 Å². The van der Waals surface area contributed by atoms with Gasteiger partial charge in [-0.2, -0.15) is 5.10 Å². The minimum atomic E-state index is -2.23. The average molecular weight is 454 g/mol. The minimum absolute atomic E-state index is 0.158. The molecule has 33 heavy (non-hydrogen) atoms. The lowest BCUT2D eigenvalue weighted by Crippen LogP contribution is -2.12. The maximum Gasteiger partial charge on any atom is 0.200 e. The summed E-state index contributed by atoms with van der Waals surface area (Å²) in [4.78, 5) is 8.92. The Morgan fingerprint density at radius 3 is 1.79 bits per heavy atom. The van der Waals surface area contributed by atoms with Gasteiger partial charge in [-0.15, -0.1) is 0 Å². The minimum Gasteiger partial charge on any atom is -0.261 e. The van der Waals surface area contributed by atoms with E-state index in [1.54, 1.807) is 18.2 Å². The molecule has 0 saturated heterocycles. The predicted octanol–water partition coefficient (Wildman–Crippen LogP) is 6.34. The topological polar surface area (TPSA) is 50.2 Å². The maximum absolute atomic E-state index is 14.1. The molecule has 4 aromatic rings. The van der Waals surface area contributed by atoms with Gasteiger partial charge < -0.3 is 0 Å². The second-order valence-corrected chi connectivity index (χ2v) is 6.95. The molecule has 0 unspecified atom stereocenters. The van der Waals surface area contributed by atoms with Crippen molar-refractivity contribution in [3.8, 4) is 22.6 Å². The van der Waals surface area contributed by atoms with Crippen LogP contribution in [0.5, 0.6) is 0 Å². The number of anilines is 1. The normalized spacial score (nSPS) is 11.5. The van der Waals surface area contributed by atoms with E-state index in [0.717, 1.165) is 12.5 Å². The molecule has 0 aliphatic rings. The molecule has 0 bridgehead atoms. The van der Waals surface area contributed by atoms with E-state index in [0.29, 0.717) is 17.1 Å². The van der Waals surface area contributed by atoms with Crippen molar-refractivity contribution in [2.75, 3.05) is 5.43 Å². The van der Waals surface area contributed by atoms with Crippen LogP contribution in [0.3, 0.4) is 0 Å². The lowest BCUT2D eigenvalue weighted by Gasteiger charge is -2.10. The molecule has 0 aliphatic heterocycles. The summed E-state index contributed by atoms with van der Waals surface area (Å²) in [6.45, 7) is 1.11. The second kappa shape index (κ2) is 9.15. The number of benzene rings is 3. The number of nitrogens with zero attached hydrogens (tertiary/aromatic N) is 3. The van der Waals surface area contributed by atoms with Crippen molar-refractivity contribution in [1.82, 2.24) is 9.97 Å². The Labute approximate surface area is 185 Å². The molecule has 9 heteroatoms. The zero-order valence-corrected chi connectivity index (χ0v) is 17.1. The van der Waals surface area contributed by atoms with Crippen LogP contribution in [0.1, 0.15) is 12.5 Å². The Kier molecular flexibility index (Phi) is 6.12. The van der Waals surface area contributed by atoms with Crippen molar-refractivity contribution in [3.05, 3.63) is 101 Å². The molecule has 1 N–H and O–H groups in total. The molecule has 3 aromatic carbocycles. The molecule has 0 amide bonds. The Morgan fingerprint density at radius 2 is 1.21 bits per heavy atom. The largest absolute Gasteiger partial charge is 0.261 e. The summed E-state index contributed by atoms with van der Waals surface area (Å²) in [5.41, 5.74) is 2.98. The number of hydrogen-bond acceptors (Lipinski definition) is 4. The number of hydrogen-bond donors (Lipinski definition) is 1. The van der Waals surface area contributed by atoms with Gasteiger partial charge in [0.15, 0.2) is 34.9 Å². The van der Waals surface area contributed by atoms with E-state index >= 15 is 0 Å². The van der Waals surface area contributed by atoms with E-state index in [2.05, 4.69) is 20.5 Å². The summed E-state index contributed by atoms with van der Waals surface area (Å²) in [6.07, 6.45) is 0. The number of hydrazone groups is 1. The van der Waals surface area contributed by atoms with Crippen LogP contribution in [0.2, 0.25) is 0 Å². The highest BCUT2D eigenvalue weighted by atomic mass is 19.2. The van der Waals surface area contributed by atoms with Gasteiger partial charge in [-0.1, -0.05) is 60.7 Å². The van der Waals surface area contributed by atoms with Crippen LogP contribution in [-0.2, 0) is 0 Å². The highest BCUT2D eigenvalue weighted by Crippen LogP contribution is 2.26. The van der Waals surface area contributed by atoms with Crippen molar-refractivity contribution in [3.63, 3.8) is 0 Å². The zero-order chi connectivity index (χ0) is 23.5. The molecule has 4 nitrogen and oxygen atoms in total. The third-order valence-corrected chi connectivity index (χ3v) is 4.74. The highest BCUT2D eigenvalue weighted by molar-refractivity contribution is 5.99. The zero-order valence-electron chi connectivity index (χ0n) is 17.1. The van der Waals surface area contributed by atoms with Gasteiger partial charge in [-0.25, -0.2) is 31.9 Å². The highest BCUT2D eigenvalue weighted by Gasteiger charge is 2.27. The predicted molar refractivity (Wildman–Crippen MR) is 115 cm³/mol. The maximum atomic E-state index is 14.1. The quantitative estimate of drug-likeness (QED) is 0.126. The number of rotatable bonds is 5. The molecule has 166 valence electrons. The molecule has 0 fully saturated rings. The van der Waals surface area contributed by atoms with E-state index in [4.69, 9.17) is 0 Å². The third-order valence-electron chi connectivity index (χ3n) is 4.74. The van der Waals surface area contributed by atoms with Gasteiger partial charge >= 0.3 is 0 Å². The fraction of sp³-hybridized carbons (Fsp3) is 0.0417. The Balaban J connectivity index is 1.76. The van der Waals surface area contributed by atoms with Crippen LogP contribution >= 0.6 is 0 Å². The van der Waals surface area contributed by atoms with Crippen molar-refractivity contribution in [2.24, 2.45) is 5.10 Å². The molecule has 0 saturated carbocycles. The average Bonchev–Trinajstić information content (AvgIpc) is 2.86. The molecular formula is C24H15F5N4. The number of halogens is 5. The molecular weight excluding hydrogens is 439 g/mol.